The van der Waals surface area contributed by atoms with Gasteiger partial charge in [0.15, 0.2) is 0 Å². The number of aliphatic hydroxyl groups is 1. The van der Waals surface area contributed by atoms with Crippen molar-refractivity contribution in [3.05, 3.63) is 113 Å². The van der Waals surface area contributed by atoms with Crippen LogP contribution in [0.4, 0.5) is 0 Å². The highest BCUT2D eigenvalue weighted by Gasteiger charge is 2.20. The third-order valence-electron chi connectivity index (χ3n) is 7.47. The Morgan fingerprint density at radius 3 is 2.36 bits per heavy atom. The molecule has 0 aliphatic rings. The second kappa shape index (κ2) is 17.3. The second-order valence-corrected chi connectivity index (χ2v) is 10.6. The van der Waals surface area contributed by atoms with Gasteiger partial charge in [-0.1, -0.05) is 85.6 Å². The van der Waals surface area contributed by atoms with Crippen LogP contribution in [0.3, 0.4) is 0 Å². The van der Waals surface area contributed by atoms with E-state index in [2.05, 4.69) is 35.6 Å². The molecule has 0 amide bonds. The zero-order valence-electron chi connectivity index (χ0n) is 24.3. The fourth-order valence-corrected chi connectivity index (χ4v) is 5.08. The number of fused-ring (bicyclic) bond motifs is 1. The third-order valence-corrected chi connectivity index (χ3v) is 7.47. The first-order chi connectivity index (χ1) is 20.7. The zero-order valence-corrected chi connectivity index (χ0v) is 24.3. The van der Waals surface area contributed by atoms with E-state index in [1.807, 2.05) is 36.4 Å². The van der Waals surface area contributed by atoms with E-state index in [0.29, 0.717) is 17.7 Å². The van der Waals surface area contributed by atoms with Crippen LogP contribution < -0.4 is 5.32 Å². The molecule has 0 saturated heterocycles. The lowest BCUT2D eigenvalue weighted by Gasteiger charge is -2.20. The molecule has 0 bridgehead atoms. The number of aromatic hydroxyl groups is 1. The van der Waals surface area contributed by atoms with Gasteiger partial charge in [0, 0.05) is 25.3 Å². The predicted octanol–water partition coefficient (Wildman–Crippen LogP) is 7.13. The smallest absolute Gasteiger partial charge is 0.339 e. The van der Waals surface area contributed by atoms with Crippen LogP contribution in [0.15, 0.2) is 91.0 Å². The van der Waals surface area contributed by atoms with Gasteiger partial charge in [0.25, 0.3) is 0 Å². The number of unbranched alkanes of at least 4 members (excludes halogenated alkanes) is 4. The van der Waals surface area contributed by atoms with Crippen molar-refractivity contribution in [3.8, 4) is 5.75 Å². The van der Waals surface area contributed by atoms with Crippen molar-refractivity contribution in [1.29, 1.82) is 0 Å². The maximum Gasteiger partial charge on any atom is 0.339 e. The SMILES string of the molecule is O=C(OC(CNCCCCCCOCCCCc1ccccc1)c1ccc(O)c(CO)c1)c1cccc2ccccc12. The molecule has 4 aromatic rings. The summed E-state index contributed by atoms with van der Waals surface area (Å²) in [5.41, 5.74) is 3.02. The van der Waals surface area contributed by atoms with Gasteiger partial charge in [-0.2, -0.15) is 0 Å². The molecule has 0 spiro atoms. The van der Waals surface area contributed by atoms with E-state index in [0.717, 1.165) is 81.0 Å². The Balaban J connectivity index is 1.18. The van der Waals surface area contributed by atoms with Gasteiger partial charge in [-0.15, -0.1) is 0 Å². The van der Waals surface area contributed by atoms with Gasteiger partial charge < -0.3 is 25.0 Å². The first-order valence-corrected chi connectivity index (χ1v) is 15.1. The Bertz CT molecular complexity index is 1370. The summed E-state index contributed by atoms with van der Waals surface area (Å²) in [6, 6.07) is 28.9. The van der Waals surface area contributed by atoms with Gasteiger partial charge in [-0.25, -0.2) is 4.79 Å². The van der Waals surface area contributed by atoms with E-state index in [-0.39, 0.29) is 12.4 Å². The molecule has 0 saturated carbocycles. The number of benzene rings is 4. The summed E-state index contributed by atoms with van der Waals surface area (Å²) in [6.45, 7) is 2.56. The highest BCUT2D eigenvalue weighted by atomic mass is 16.5. The first kappa shape index (κ1) is 31.2. The van der Waals surface area contributed by atoms with Crippen LogP contribution >= 0.6 is 0 Å². The lowest BCUT2D eigenvalue weighted by molar-refractivity contribution is 0.0299. The molecular formula is C36H43NO5. The van der Waals surface area contributed by atoms with E-state index in [1.165, 1.54) is 11.6 Å². The number of hydrogen-bond acceptors (Lipinski definition) is 6. The summed E-state index contributed by atoms with van der Waals surface area (Å²) in [5.74, 6) is -0.387. The Hall–Kier alpha value is -3.71. The minimum atomic E-state index is -0.572. The van der Waals surface area contributed by atoms with Crippen molar-refractivity contribution in [1.82, 2.24) is 5.32 Å². The molecule has 3 N–H and O–H groups in total. The van der Waals surface area contributed by atoms with Gasteiger partial charge in [-0.3, -0.25) is 0 Å². The average Bonchev–Trinajstić information content (AvgIpc) is 3.03. The highest BCUT2D eigenvalue weighted by Crippen LogP contribution is 2.27. The number of carbonyl (C=O) groups is 1. The molecule has 6 nitrogen and oxygen atoms in total. The fourth-order valence-electron chi connectivity index (χ4n) is 5.08. The Morgan fingerprint density at radius 2 is 1.52 bits per heavy atom. The van der Waals surface area contributed by atoms with Crippen LogP contribution in [-0.2, 0) is 22.5 Å². The van der Waals surface area contributed by atoms with Crippen molar-refractivity contribution in [2.45, 2.75) is 57.7 Å². The summed E-state index contributed by atoms with van der Waals surface area (Å²) >= 11 is 0. The minimum absolute atomic E-state index is 0.0181. The van der Waals surface area contributed by atoms with Crippen molar-refractivity contribution in [2.75, 3.05) is 26.3 Å². The number of esters is 1. The number of aliphatic hydroxyl groups excluding tert-OH is 1. The molecule has 1 unspecified atom stereocenters. The van der Waals surface area contributed by atoms with Crippen LogP contribution in [0, 0.1) is 0 Å². The van der Waals surface area contributed by atoms with Crippen LogP contribution in [0.5, 0.6) is 5.75 Å². The highest BCUT2D eigenvalue weighted by molar-refractivity contribution is 6.04. The van der Waals surface area contributed by atoms with E-state index in [1.54, 1.807) is 18.2 Å². The molecule has 0 heterocycles. The lowest BCUT2D eigenvalue weighted by atomic mass is 10.0. The Morgan fingerprint density at radius 1 is 0.786 bits per heavy atom. The van der Waals surface area contributed by atoms with Crippen molar-refractivity contribution >= 4 is 16.7 Å². The largest absolute Gasteiger partial charge is 0.508 e. The van der Waals surface area contributed by atoms with Crippen molar-refractivity contribution in [3.63, 3.8) is 0 Å². The molecule has 0 aliphatic heterocycles. The summed E-state index contributed by atoms with van der Waals surface area (Å²) < 4.78 is 11.8. The molecule has 1 atom stereocenters. The molecule has 4 aromatic carbocycles. The van der Waals surface area contributed by atoms with Crippen LogP contribution in [0.2, 0.25) is 0 Å². The van der Waals surface area contributed by atoms with Gasteiger partial charge in [0.1, 0.15) is 11.9 Å². The Labute approximate surface area is 249 Å². The lowest BCUT2D eigenvalue weighted by Crippen LogP contribution is -2.26. The number of phenols is 1. The van der Waals surface area contributed by atoms with E-state index in [4.69, 9.17) is 9.47 Å². The quantitative estimate of drug-likeness (QED) is 0.0873. The van der Waals surface area contributed by atoms with Crippen molar-refractivity contribution < 1.29 is 24.5 Å². The van der Waals surface area contributed by atoms with Gasteiger partial charge >= 0.3 is 5.97 Å². The van der Waals surface area contributed by atoms with Gasteiger partial charge in [-0.05, 0) is 78.7 Å². The minimum Gasteiger partial charge on any atom is -0.508 e. The maximum atomic E-state index is 13.3. The normalized spacial score (nSPS) is 11.9. The third kappa shape index (κ3) is 9.69. The van der Waals surface area contributed by atoms with E-state index < -0.39 is 12.1 Å². The average molecular weight is 570 g/mol. The van der Waals surface area contributed by atoms with Crippen LogP contribution in [-0.4, -0.2) is 42.5 Å². The topological polar surface area (TPSA) is 88.0 Å². The molecule has 0 radical (unpaired) electrons. The molecular weight excluding hydrogens is 526 g/mol. The Kier molecular flexibility index (Phi) is 12.9. The molecule has 42 heavy (non-hydrogen) atoms. The summed E-state index contributed by atoms with van der Waals surface area (Å²) in [4.78, 5) is 13.3. The number of nitrogens with one attached hydrogen (secondary N) is 1. The van der Waals surface area contributed by atoms with Crippen LogP contribution in [0.25, 0.3) is 10.8 Å². The molecule has 6 heteroatoms. The van der Waals surface area contributed by atoms with Crippen molar-refractivity contribution in [2.24, 2.45) is 0 Å². The van der Waals surface area contributed by atoms with Gasteiger partial charge in [0.05, 0.1) is 12.2 Å². The summed E-state index contributed by atoms with van der Waals surface area (Å²) in [5, 5.41) is 24.9. The maximum absolute atomic E-state index is 13.3. The van der Waals surface area contributed by atoms with Crippen LogP contribution in [0.1, 0.15) is 71.7 Å². The number of hydrogen-bond donors (Lipinski definition) is 3. The molecule has 222 valence electrons. The molecule has 0 fully saturated rings. The number of ether oxygens (including phenoxy) is 2. The number of rotatable bonds is 18. The monoisotopic (exact) mass is 569 g/mol. The summed E-state index contributed by atoms with van der Waals surface area (Å²) in [7, 11) is 0. The second-order valence-electron chi connectivity index (χ2n) is 10.6. The first-order valence-electron chi connectivity index (χ1n) is 15.1. The predicted molar refractivity (Wildman–Crippen MR) is 168 cm³/mol. The number of carbonyl (C=O) groups excluding carboxylic acids is 1. The molecule has 0 aliphatic carbocycles. The van der Waals surface area contributed by atoms with E-state index >= 15 is 0 Å². The zero-order chi connectivity index (χ0) is 29.4. The number of aryl methyl sites for hydroxylation is 1. The van der Waals surface area contributed by atoms with E-state index in [9.17, 15) is 15.0 Å². The molecule has 4 rings (SSSR count). The van der Waals surface area contributed by atoms with Gasteiger partial charge in [0.2, 0.25) is 0 Å². The molecule has 0 aromatic heterocycles. The standard InChI is InChI=1S/C36H43NO5/c38-27-31-25-30(20-21-34(31)39)35(42-36(40)33-19-12-17-29-16-6-7-18-32(29)33)26-37-22-9-1-2-10-23-41-24-11-8-15-28-13-4-3-5-14-28/h3-7,12-14,16-21,25,35,37-39H,1-2,8-11,15,22-24,26-27H2. The summed E-state index contributed by atoms with van der Waals surface area (Å²) in [6.07, 6.45) is 7.06. The fraction of sp³-hybridized carbons (Fsp3) is 0.361.